The molecule has 1 amide bonds. The second-order valence-electron chi connectivity index (χ2n) is 4.94. The van der Waals surface area contributed by atoms with Crippen LogP contribution in [0.3, 0.4) is 0 Å². The van der Waals surface area contributed by atoms with E-state index in [2.05, 4.69) is 0 Å². The van der Waals surface area contributed by atoms with Crippen molar-refractivity contribution in [3.8, 4) is 5.75 Å². The average molecular weight is 273 g/mol. The van der Waals surface area contributed by atoms with Gasteiger partial charge in [-0.3, -0.25) is 4.79 Å². The molecule has 0 fully saturated rings. The quantitative estimate of drug-likeness (QED) is 0.838. The summed E-state index contributed by atoms with van der Waals surface area (Å²) in [6, 6.07) is 4.87. The van der Waals surface area contributed by atoms with Crippen LogP contribution in [-0.2, 0) is 4.79 Å². The number of anilines is 1. The number of amides is 1. The number of carbonyl (C=O) groups is 2. The van der Waals surface area contributed by atoms with Crippen LogP contribution in [0.25, 0.3) is 0 Å². The number of carboxylic acid groups (broad SMARTS) is 1. The van der Waals surface area contributed by atoms with E-state index in [1.54, 1.807) is 17.0 Å². The fourth-order valence-corrected chi connectivity index (χ4v) is 2.69. The second-order valence-corrected chi connectivity index (χ2v) is 4.94. The molecule has 1 aromatic rings. The van der Waals surface area contributed by atoms with Gasteiger partial charge in [0.1, 0.15) is 12.2 Å². The maximum absolute atomic E-state index is 12.5. The van der Waals surface area contributed by atoms with Crippen LogP contribution in [0.4, 0.5) is 5.69 Å². The van der Waals surface area contributed by atoms with Gasteiger partial charge < -0.3 is 14.7 Å². The molecule has 0 radical (unpaired) electrons. The molecule has 0 saturated carbocycles. The number of benzene rings is 1. The Bertz CT molecular complexity index is 586. The van der Waals surface area contributed by atoms with Crippen LogP contribution in [0, 0.1) is 5.92 Å². The molecule has 0 spiro atoms. The molecule has 5 nitrogen and oxygen atoms in total. The molecule has 1 aliphatic carbocycles. The summed E-state index contributed by atoms with van der Waals surface area (Å²) >= 11 is 0. The molecule has 0 bridgehead atoms. The highest BCUT2D eigenvalue weighted by Crippen LogP contribution is 2.36. The van der Waals surface area contributed by atoms with Crippen molar-refractivity contribution in [2.75, 3.05) is 18.1 Å². The average Bonchev–Trinajstić information content (AvgIpc) is 2.99. The van der Waals surface area contributed by atoms with Crippen LogP contribution < -0.4 is 9.64 Å². The smallest absolute Gasteiger partial charge is 0.339 e. The first kappa shape index (κ1) is 12.7. The van der Waals surface area contributed by atoms with E-state index < -0.39 is 5.97 Å². The molecule has 1 aliphatic heterocycles. The first-order valence-corrected chi connectivity index (χ1v) is 6.64. The fourth-order valence-electron chi connectivity index (χ4n) is 2.69. The molecule has 20 heavy (non-hydrogen) atoms. The van der Waals surface area contributed by atoms with Crippen molar-refractivity contribution in [1.82, 2.24) is 0 Å². The number of hydrogen-bond donors (Lipinski definition) is 1. The lowest BCUT2D eigenvalue weighted by atomic mass is 10.0. The summed E-state index contributed by atoms with van der Waals surface area (Å²) in [5.74, 6) is -0.735. The predicted octanol–water partition coefficient (Wildman–Crippen LogP) is 2.08. The minimum atomic E-state index is -1.04. The molecule has 0 unspecified atom stereocenters. The maximum atomic E-state index is 12.5. The number of allylic oxidation sites excluding steroid dienone is 2. The summed E-state index contributed by atoms with van der Waals surface area (Å²) < 4.78 is 5.47. The van der Waals surface area contributed by atoms with Crippen molar-refractivity contribution in [3.05, 3.63) is 35.9 Å². The predicted molar refractivity (Wildman–Crippen MR) is 73.1 cm³/mol. The highest BCUT2D eigenvalue weighted by Gasteiger charge is 2.31. The van der Waals surface area contributed by atoms with Gasteiger partial charge >= 0.3 is 5.97 Å². The number of fused-ring (bicyclic) bond motifs is 1. The number of para-hydroxylation sites is 1. The van der Waals surface area contributed by atoms with Gasteiger partial charge in [-0.05, 0) is 25.0 Å². The van der Waals surface area contributed by atoms with E-state index in [1.165, 1.54) is 6.07 Å². The molecule has 104 valence electrons. The minimum absolute atomic E-state index is 0.0329. The molecule has 0 atom stereocenters. The van der Waals surface area contributed by atoms with Crippen LogP contribution in [-0.4, -0.2) is 30.1 Å². The highest BCUT2D eigenvalue weighted by molar-refractivity contribution is 6.01. The number of nitrogens with zero attached hydrogens (tertiary/aromatic N) is 1. The molecule has 1 N–H and O–H groups in total. The molecular formula is C15H15NO4. The van der Waals surface area contributed by atoms with E-state index >= 15 is 0 Å². The molecule has 5 heteroatoms. The van der Waals surface area contributed by atoms with Gasteiger partial charge in [0.2, 0.25) is 5.91 Å². The fraction of sp³-hybridized carbons (Fsp3) is 0.333. The Hall–Kier alpha value is -2.30. The lowest BCUT2D eigenvalue weighted by Gasteiger charge is -2.32. The summed E-state index contributed by atoms with van der Waals surface area (Å²) in [6.45, 7) is 0.786. The van der Waals surface area contributed by atoms with Gasteiger partial charge in [0, 0.05) is 5.92 Å². The van der Waals surface area contributed by atoms with E-state index in [1.807, 2.05) is 12.2 Å². The molecule has 2 aliphatic rings. The van der Waals surface area contributed by atoms with E-state index in [0.29, 0.717) is 24.6 Å². The summed E-state index contributed by atoms with van der Waals surface area (Å²) in [7, 11) is 0. The molecular weight excluding hydrogens is 258 g/mol. The minimum Gasteiger partial charge on any atom is -0.489 e. The lowest BCUT2D eigenvalue weighted by Crippen LogP contribution is -2.41. The van der Waals surface area contributed by atoms with Crippen molar-refractivity contribution >= 4 is 17.6 Å². The van der Waals surface area contributed by atoms with Gasteiger partial charge in [-0.2, -0.15) is 0 Å². The number of carbonyl (C=O) groups excluding carboxylic acids is 1. The second kappa shape index (κ2) is 5.00. The first-order chi connectivity index (χ1) is 9.68. The monoisotopic (exact) mass is 273 g/mol. The summed E-state index contributed by atoms with van der Waals surface area (Å²) in [4.78, 5) is 25.4. The van der Waals surface area contributed by atoms with Gasteiger partial charge in [-0.25, -0.2) is 4.79 Å². The third-order valence-corrected chi connectivity index (χ3v) is 3.70. The number of aromatic carboxylic acids is 1. The zero-order valence-corrected chi connectivity index (χ0v) is 10.9. The number of carboxylic acids is 1. The van der Waals surface area contributed by atoms with Crippen LogP contribution >= 0.6 is 0 Å². The maximum Gasteiger partial charge on any atom is 0.339 e. The molecule has 1 heterocycles. The van der Waals surface area contributed by atoms with Gasteiger partial charge in [-0.15, -0.1) is 0 Å². The van der Waals surface area contributed by atoms with Crippen LogP contribution in [0.15, 0.2) is 30.4 Å². The van der Waals surface area contributed by atoms with Crippen LogP contribution in [0.2, 0.25) is 0 Å². The van der Waals surface area contributed by atoms with Gasteiger partial charge in [0.25, 0.3) is 0 Å². The van der Waals surface area contributed by atoms with Crippen molar-refractivity contribution < 1.29 is 19.4 Å². The number of rotatable bonds is 2. The van der Waals surface area contributed by atoms with Crippen molar-refractivity contribution in [2.45, 2.75) is 12.8 Å². The number of hydrogen-bond acceptors (Lipinski definition) is 3. The Labute approximate surface area is 116 Å². The van der Waals surface area contributed by atoms with E-state index in [0.717, 1.165) is 12.8 Å². The SMILES string of the molecule is O=C(O)c1cccc2c1OCCN2C(=O)C1CC=CC1. The van der Waals surface area contributed by atoms with Crippen molar-refractivity contribution in [2.24, 2.45) is 5.92 Å². The van der Waals surface area contributed by atoms with E-state index in [9.17, 15) is 14.7 Å². The largest absolute Gasteiger partial charge is 0.489 e. The van der Waals surface area contributed by atoms with Crippen LogP contribution in [0.1, 0.15) is 23.2 Å². The molecule has 3 rings (SSSR count). The zero-order valence-electron chi connectivity index (χ0n) is 10.9. The standard InChI is InChI=1S/C15H15NO4/c17-14(10-4-1-2-5-10)16-8-9-20-13-11(15(18)19)6-3-7-12(13)16/h1-3,6-7,10H,4-5,8-9H2,(H,18,19). The zero-order chi connectivity index (χ0) is 14.1. The summed E-state index contributed by atoms with van der Waals surface area (Å²) in [5, 5.41) is 9.18. The normalized spacial score (nSPS) is 17.7. The molecule has 0 saturated heterocycles. The van der Waals surface area contributed by atoms with Gasteiger partial charge in [0.15, 0.2) is 5.75 Å². The van der Waals surface area contributed by atoms with E-state index in [4.69, 9.17) is 4.74 Å². The van der Waals surface area contributed by atoms with Crippen molar-refractivity contribution in [1.29, 1.82) is 0 Å². The Morgan fingerprint density at radius 3 is 2.70 bits per heavy atom. The first-order valence-electron chi connectivity index (χ1n) is 6.64. The molecule has 0 aromatic heterocycles. The highest BCUT2D eigenvalue weighted by atomic mass is 16.5. The number of ether oxygens (including phenoxy) is 1. The van der Waals surface area contributed by atoms with Crippen molar-refractivity contribution in [3.63, 3.8) is 0 Å². The Balaban J connectivity index is 1.95. The van der Waals surface area contributed by atoms with E-state index in [-0.39, 0.29) is 17.4 Å². The third kappa shape index (κ3) is 2.05. The molecule has 1 aromatic carbocycles. The van der Waals surface area contributed by atoms with Gasteiger partial charge in [-0.1, -0.05) is 18.2 Å². The Morgan fingerprint density at radius 1 is 1.25 bits per heavy atom. The lowest BCUT2D eigenvalue weighted by molar-refractivity contribution is -0.122. The Morgan fingerprint density at radius 2 is 2.00 bits per heavy atom. The summed E-state index contributed by atoms with van der Waals surface area (Å²) in [5.41, 5.74) is 0.664. The Kier molecular flexibility index (Phi) is 3.18. The van der Waals surface area contributed by atoms with Crippen LogP contribution in [0.5, 0.6) is 5.75 Å². The topological polar surface area (TPSA) is 66.8 Å². The third-order valence-electron chi connectivity index (χ3n) is 3.70. The van der Waals surface area contributed by atoms with Gasteiger partial charge in [0.05, 0.1) is 12.2 Å². The summed E-state index contributed by atoms with van der Waals surface area (Å²) in [6.07, 6.45) is 5.53.